The zero-order valence-corrected chi connectivity index (χ0v) is 15.5. The minimum atomic E-state index is 0.173. The fourth-order valence-corrected chi connectivity index (χ4v) is 4.63. The Kier molecular flexibility index (Phi) is 5.02. The molecule has 0 spiro atoms. The van der Waals surface area contributed by atoms with Crippen molar-refractivity contribution in [3.63, 3.8) is 0 Å². The van der Waals surface area contributed by atoms with Crippen LogP contribution in [0.5, 0.6) is 0 Å². The number of carbonyl (C=O) groups excluding carboxylic acids is 1. The second kappa shape index (κ2) is 7.40. The molecule has 2 aliphatic heterocycles. The van der Waals surface area contributed by atoms with Gasteiger partial charge in [0, 0.05) is 47.4 Å². The molecule has 130 valence electrons. The van der Waals surface area contributed by atoms with Crippen LogP contribution >= 0.6 is 23.4 Å². The predicted octanol–water partition coefficient (Wildman–Crippen LogP) is 3.92. The predicted molar refractivity (Wildman–Crippen MR) is 103 cm³/mol. The van der Waals surface area contributed by atoms with Crippen LogP contribution in [0.2, 0.25) is 5.02 Å². The molecule has 3 nitrogen and oxygen atoms in total. The van der Waals surface area contributed by atoms with Crippen molar-refractivity contribution in [2.45, 2.75) is 10.6 Å². The van der Waals surface area contributed by atoms with Crippen molar-refractivity contribution in [2.75, 3.05) is 26.2 Å². The first-order valence-electron chi connectivity index (χ1n) is 8.66. The van der Waals surface area contributed by atoms with E-state index in [9.17, 15) is 4.79 Å². The molecule has 2 atom stereocenters. The van der Waals surface area contributed by atoms with Crippen molar-refractivity contribution in [3.05, 3.63) is 64.7 Å². The topological polar surface area (TPSA) is 32.3 Å². The summed E-state index contributed by atoms with van der Waals surface area (Å²) >= 11 is 7.68. The molecular weight excluding hydrogens is 352 g/mol. The average Bonchev–Trinajstić information content (AvgIpc) is 3.23. The molecular formula is C20H21ClN2OS. The van der Waals surface area contributed by atoms with Gasteiger partial charge in [-0.1, -0.05) is 23.7 Å². The second-order valence-electron chi connectivity index (χ2n) is 6.83. The van der Waals surface area contributed by atoms with Gasteiger partial charge in [-0.2, -0.15) is 0 Å². The quantitative estimate of drug-likeness (QED) is 0.825. The third kappa shape index (κ3) is 3.86. The Morgan fingerprint density at radius 3 is 2.32 bits per heavy atom. The normalized spacial score (nSPS) is 22.2. The Morgan fingerprint density at radius 2 is 1.68 bits per heavy atom. The molecule has 2 heterocycles. The molecule has 2 fully saturated rings. The number of hydrogen-bond acceptors (Lipinski definition) is 3. The van der Waals surface area contributed by atoms with Crippen molar-refractivity contribution in [1.82, 2.24) is 10.2 Å². The first-order valence-corrected chi connectivity index (χ1v) is 10.0. The van der Waals surface area contributed by atoms with E-state index < -0.39 is 0 Å². The van der Waals surface area contributed by atoms with Crippen molar-refractivity contribution < 1.29 is 4.79 Å². The van der Waals surface area contributed by atoms with Crippen LogP contribution in [-0.4, -0.2) is 37.0 Å². The molecule has 1 amide bonds. The van der Waals surface area contributed by atoms with E-state index in [4.69, 9.17) is 11.6 Å². The highest BCUT2D eigenvalue weighted by Crippen LogP contribution is 2.28. The number of fused-ring (bicyclic) bond motifs is 1. The second-order valence-corrected chi connectivity index (χ2v) is 8.31. The minimum absolute atomic E-state index is 0.173. The molecule has 0 aromatic heterocycles. The maximum absolute atomic E-state index is 12.7. The summed E-state index contributed by atoms with van der Waals surface area (Å²) in [6.45, 7) is 3.89. The molecule has 0 bridgehead atoms. The number of thioether (sulfide) groups is 1. The average molecular weight is 373 g/mol. The van der Waals surface area contributed by atoms with Gasteiger partial charge in [0.15, 0.2) is 0 Å². The lowest BCUT2D eigenvalue weighted by Gasteiger charge is -2.17. The number of likely N-dealkylation sites (tertiary alicyclic amines) is 1. The SMILES string of the molecule is O=C(c1ccc(CSc2ccc(Cl)cc2)cc1)N1C[C@H]2CNC[C@H]2C1. The molecule has 0 saturated carbocycles. The van der Waals surface area contributed by atoms with Gasteiger partial charge in [-0.25, -0.2) is 0 Å². The van der Waals surface area contributed by atoms with E-state index in [1.807, 2.05) is 41.3 Å². The largest absolute Gasteiger partial charge is 0.338 e. The minimum Gasteiger partial charge on any atom is -0.338 e. The number of hydrogen-bond donors (Lipinski definition) is 1. The van der Waals surface area contributed by atoms with Gasteiger partial charge in [0.1, 0.15) is 0 Å². The lowest BCUT2D eigenvalue weighted by Crippen LogP contribution is -2.31. The molecule has 2 aromatic rings. The Labute approximate surface area is 157 Å². The summed E-state index contributed by atoms with van der Waals surface area (Å²) < 4.78 is 0. The number of nitrogens with zero attached hydrogens (tertiary/aromatic N) is 1. The first kappa shape index (κ1) is 17.0. The lowest BCUT2D eigenvalue weighted by molar-refractivity contribution is 0.0781. The third-order valence-electron chi connectivity index (χ3n) is 5.10. The number of nitrogens with one attached hydrogen (secondary N) is 1. The van der Waals surface area contributed by atoms with Gasteiger partial charge in [0.2, 0.25) is 0 Å². The van der Waals surface area contributed by atoms with Crippen molar-refractivity contribution in [1.29, 1.82) is 0 Å². The van der Waals surface area contributed by atoms with Gasteiger partial charge in [-0.05, 0) is 53.8 Å². The van der Waals surface area contributed by atoms with Crippen molar-refractivity contribution in [2.24, 2.45) is 11.8 Å². The fourth-order valence-electron chi connectivity index (χ4n) is 3.64. The zero-order valence-electron chi connectivity index (χ0n) is 14.0. The highest BCUT2D eigenvalue weighted by molar-refractivity contribution is 7.98. The summed E-state index contributed by atoms with van der Waals surface area (Å²) in [5.41, 5.74) is 2.02. The van der Waals surface area contributed by atoms with E-state index in [1.54, 1.807) is 11.8 Å². The van der Waals surface area contributed by atoms with Gasteiger partial charge in [-0.15, -0.1) is 11.8 Å². The van der Waals surface area contributed by atoms with Crippen molar-refractivity contribution in [3.8, 4) is 0 Å². The third-order valence-corrected chi connectivity index (χ3v) is 6.43. The molecule has 0 unspecified atom stereocenters. The number of benzene rings is 2. The molecule has 2 saturated heterocycles. The van der Waals surface area contributed by atoms with Crippen molar-refractivity contribution >= 4 is 29.3 Å². The number of rotatable bonds is 4. The molecule has 0 aliphatic carbocycles. The number of amides is 1. The van der Waals surface area contributed by atoms with Gasteiger partial charge in [-0.3, -0.25) is 4.79 Å². The van der Waals surface area contributed by atoms with Crippen LogP contribution in [-0.2, 0) is 5.75 Å². The Bertz CT molecular complexity index is 735. The smallest absolute Gasteiger partial charge is 0.253 e. The monoisotopic (exact) mass is 372 g/mol. The van der Waals surface area contributed by atoms with Gasteiger partial charge < -0.3 is 10.2 Å². The highest BCUT2D eigenvalue weighted by Gasteiger charge is 2.38. The zero-order chi connectivity index (χ0) is 17.2. The Hall–Kier alpha value is -1.49. The molecule has 2 aliphatic rings. The van der Waals surface area contributed by atoms with Gasteiger partial charge in [0.25, 0.3) is 5.91 Å². The van der Waals surface area contributed by atoms with Crippen LogP contribution in [0.25, 0.3) is 0 Å². The highest BCUT2D eigenvalue weighted by atomic mass is 35.5. The van der Waals surface area contributed by atoms with E-state index in [-0.39, 0.29) is 5.91 Å². The summed E-state index contributed by atoms with van der Waals surface area (Å²) in [4.78, 5) is 15.9. The number of halogens is 1. The maximum Gasteiger partial charge on any atom is 0.253 e. The first-order chi connectivity index (χ1) is 12.2. The summed E-state index contributed by atoms with van der Waals surface area (Å²) in [5, 5.41) is 4.17. The van der Waals surface area contributed by atoms with Crippen LogP contribution in [0.3, 0.4) is 0 Å². The fraction of sp³-hybridized carbons (Fsp3) is 0.350. The van der Waals surface area contributed by atoms with Crippen LogP contribution in [0.4, 0.5) is 0 Å². The van der Waals surface area contributed by atoms with E-state index in [0.717, 1.165) is 42.5 Å². The van der Waals surface area contributed by atoms with Gasteiger partial charge >= 0.3 is 0 Å². The summed E-state index contributed by atoms with van der Waals surface area (Å²) in [6.07, 6.45) is 0. The summed E-state index contributed by atoms with van der Waals surface area (Å²) in [5.74, 6) is 2.33. The molecule has 5 heteroatoms. The van der Waals surface area contributed by atoms with Crippen LogP contribution in [0, 0.1) is 11.8 Å². The van der Waals surface area contributed by atoms with E-state index in [0.29, 0.717) is 11.8 Å². The standard InChI is InChI=1S/C20H21ClN2OS/c21-18-5-7-19(8-6-18)25-13-14-1-3-15(4-2-14)20(24)23-11-16-9-22-10-17(16)12-23/h1-8,16-17,22H,9-13H2/t16-,17+. The van der Waals surface area contributed by atoms with Crippen LogP contribution in [0.1, 0.15) is 15.9 Å². The lowest BCUT2D eigenvalue weighted by atomic mass is 10.0. The van der Waals surface area contributed by atoms with E-state index in [2.05, 4.69) is 17.4 Å². The molecule has 1 N–H and O–H groups in total. The number of carbonyl (C=O) groups is 1. The van der Waals surface area contributed by atoms with E-state index in [1.165, 1.54) is 10.5 Å². The van der Waals surface area contributed by atoms with Crippen LogP contribution in [0.15, 0.2) is 53.4 Å². The summed E-state index contributed by atoms with van der Waals surface area (Å²) in [7, 11) is 0. The molecule has 25 heavy (non-hydrogen) atoms. The molecule has 2 aromatic carbocycles. The Morgan fingerprint density at radius 1 is 1.04 bits per heavy atom. The Balaban J connectivity index is 1.35. The van der Waals surface area contributed by atoms with Gasteiger partial charge in [0.05, 0.1) is 0 Å². The summed E-state index contributed by atoms with van der Waals surface area (Å²) in [6, 6.07) is 15.9. The van der Waals surface area contributed by atoms with Crippen LogP contribution < -0.4 is 5.32 Å². The van der Waals surface area contributed by atoms with E-state index >= 15 is 0 Å². The molecule has 0 radical (unpaired) electrons. The maximum atomic E-state index is 12.7. The molecule has 4 rings (SSSR count).